The van der Waals surface area contributed by atoms with E-state index < -0.39 is 59.2 Å². The number of rotatable bonds is 8. The van der Waals surface area contributed by atoms with E-state index in [-0.39, 0.29) is 34.6 Å². The third kappa shape index (κ3) is 6.56. The van der Waals surface area contributed by atoms with Crippen LogP contribution in [0.4, 0.5) is 5.82 Å². The molecule has 1 aromatic heterocycles. The van der Waals surface area contributed by atoms with Crippen molar-refractivity contribution in [3.05, 3.63) is 58.6 Å². The molecule has 3 heterocycles. The van der Waals surface area contributed by atoms with Crippen molar-refractivity contribution >= 4 is 34.8 Å². The number of benzene rings is 1. The zero-order valence-electron chi connectivity index (χ0n) is 26.5. The van der Waals surface area contributed by atoms with Crippen LogP contribution >= 0.6 is 0 Å². The van der Waals surface area contributed by atoms with E-state index in [1.807, 2.05) is 6.07 Å². The molecule has 2 saturated heterocycles. The molecule has 1 aromatic carbocycles. The molecule has 13 heteroatoms. The zero-order valence-corrected chi connectivity index (χ0v) is 28.5. The Kier molecular flexibility index (Phi) is 10.1. The van der Waals surface area contributed by atoms with E-state index in [1.165, 1.54) is 23.8 Å². The molecule has 43 heavy (non-hydrogen) atoms. The van der Waals surface area contributed by atoms with E-state index in [9.17, 15) is 14.4 Å². The van der Waals surface area contributed by atoms with Gasteiger partial charge < -0.3 is 27.8 Å². The lowest BCUT2D eigenvalue weighted by Crippen LogP contribution is -2.66. The molecule has 236 valence electrons. The van der Waals surface area contributed by atoms with Crippen LogP contribution in [0.1, 0.15) is 78.9 Å². The van der Waals surface area contributed by atoms with E-state index in [0.29, 0.717) is 5.56 Å². The predicted octanol–water partition coefficient (Wildman–Crippen LogP) is 5.28. The molecule has 2 aromatic rings. The summed E-state index contributed by atoms with van der Waals surface area (Å²) < 4.78 is 34.7. The number of nitrogens with one attached hydrogen (secondary N) is 1. The Labute approximate surface area is 255 Å². The Hall–Kier alpha value is -2.69. The van der Waals surface area contributed by atoms with Crippen LogP contribution in [0.15, 0.2) is 47.4 Å². The van der Waals surface area contributed by atoms with Gasteiger partial charge in [-0.05, 0) is 40.4 Å². The predicted molar refractivity (Wildman–Crippen MR) is 166 cm³/mol. The first kappa shape index (κ1) is 33.2. The maximum Gasteiger partial charge on any atom is 0.351 e. The average molecular weight is 632 g/mol. The second kappa shape index (κ2) is 13.1. The van der Waals surface area contributed by atoms with Crippen LogP contribution in [0.3, 0.4) is 0 Å². The number of fused-ring (bicyclic) bond motifs is 1. The van der Waals surface area contributed by atoms with E-state index in [2.05, 4.69) is 65.7 Å². The third-order valence-corrected chi connectivity index (χ3v) is 18.5. The number of esters is 1. The molecule has 2 aliphatic rings. The van der Waals surface area contributed by atoms with Gasteiger partial charge in [-0.25, -0.2) is 4.79 Å². The molecular formula is C30H45N3O8Si2. The van der Waals surface area contributed by atoms with Crippen molar-refractivity contribution in [1.29, 1.82) is 0 Å². The topological polar surface area (TPSA) is 127 Å². The number of amides is 1. The van der Waals surface area contributed by atoms with Gasteiger partial charge in [0.2, 0.25) is 0 Å². The third-order valence-electron chi connectivity index (χ3n) is 8.30. The van der Waals surface area contributed by atoms with Crippen LogP contribution in [0.2, 0.25) is 22.2 Å². The van der Waals surface area contributed by atoms with Crippen LogP contribution in [0.5, 0.6) is 0 Å². The minimum atomic E-state index is -3.05. The Morgan fingerprint density at radius 3 is 2.09 bits per heavy atom. The molecule has 0 bridgehead atoms. The molecule has 11 nitrogen and oxygen atoms in total. The van der Waals surface area contributed by atoms with Crippen molar-refractivity contribution < 1.29 is 32.0 Å². The Morgan fingerprint density at radius 1 is 0.953 bits per heavy atom. The van der Waals surface area contributed by atoms with Crippen molar-refractivity contribution in [3.63, 3.8) is 0 Å². The summed E-state index contributed by atoms with van der Waals surface area (Å²) in [5.41, 5.74) is 0.140. The molecule has 0 saturated carbocycles. The highest BCUT2D eigenvalue weighted by Gasteiger charge is 2.62. The molecule has 1 amide bonds. The normalized spacial score (nSPS) is 25.0. The number of carbonyl (C=O) groups is 2. The van der Waals surface area contributed by atoms with Crippen LogP contribution in [-0.4, -0.2) is 63.5 Å². The lowest BCUT2D eigenvalue weighted by molar-refractivity contribution is -0.155. The van der Waals surface area contributed by atoms with Gasteiger partial charge in [-0.2, -0.15) is 4.98 Å². The van der Waals surface area contributed by atoms with Gasteiger partial charge in [0.05, 0.1) is 6.61 Å². The number of nitrogens with zero attached hydrogens (tertiary/aromatic N) is 2. The minimum absolute atomic E-state index is 0.0492. The fourth-order valence-electron chi connectivity index (χ4n) is 6.12. The molecule has 1 N–H and O–H groups in total. The van der Waals surface area contributed by atoms with Gasteiger partial charge in [-0.1, -0.05) is 73.6 Å². The van der Waals surface area contributed by atoms with Gasteiger partial charge in [-0.15, -0.1) is 0 Å². The van der Waals surface area contributed by atoms with Crippen molar-refractivity contribution in [2.24, 2.45) is 0 Å². The van der Waals surface area contributed by atoms with E-state index in [4.69, 9.17) is 22.4 Å². The maximum absolute atomic E-state index is 13.3. The number of hydrogen-bond acceptors (Lipinski definition) is 9. The number of carbonyl (C=O) groups excluding carboxylic acids is 2. The quantitative estimate of drug-likeness (QED) is 0.306. The fourth-order valence-corrected chi connectivity index (χ4v) is 17.3. The van der Waals surface area contributed by atoms with Crippen molar-refractivity contribution in [3.8, 4) is 0 Å². The summed E-state index contributed by atoms with van der Waals surface area (Å²) in [6.07, 6.45) is -1.88. The minimum Gasteiger partial charge on any atom is -0.455 e. The molecule has 0 unspecified atom stereocenters. The monoisotopic (exact) mass is 631 g/mol. The summed E-state index contributed by atoms with van der Waals surface area (Å²) >= 11 is 0. The van der Waals surface area contributed by atoms with Crippen LogP contribution < -0.4 is 11.0 Å². The van der Waals surface area contributed by atoms with E-state index in [1.54, 1.807) is 24.3 Å². The van der Waals surface area contributed by atoms with Crippen molar-refractivity contribution in [2.45, 2.75) is 109 Å². The maximum atomic E-state index is 13.3. The fraction of sp³-hybridized carbons (Fsp3) is 0.600. The smallest absolute Gasteiger partial charge is 0.351 e. The molecule has 0 aliphatic carbocycles. The van der Waals surface area contributed by atoms with Crippen LogP contribution in [0.25, 0.3) is 0 Å². The zero-order chi connectivity index (χ0) is 31.7. The molecule has 0 radical (unpaired) electrons. The highest BCUT2D eigenvalue weighted by atomic mass is 28.5. The van der Waals surface area contributed by atoms with Crippen molar-refractivity contribution in [1.82, 2.24) is 9.55 Å². The van der Waals surface area contributed by atoms with Crippen LogP contribution in [0, 0.1) is 0 Å². The second-order valence-electron chi connectivity index (χ2n) is 12.5. The highest BCUT2D eigenvalue weighted by molar-refractivity contribution is 6.84. The largest absolute Gasteiger partial charge is 0.455 e. The van der Waals surface area contributed by atoms with E-state index in [0.717, 1.165) is 0 Å². The van der Waals surface area contributed by atoms with Gasteiger partial charge in [0, 0.05) is 18.7 Å². The Balaban J connectivity index is 1.73. The van der Waals surface area contributed by atoms with Gasteiger partial charge in [0.15, 0.2) is 12.3 Å². The molecule has 2 fully saturated rings. The van der Waals surface area contributed by atoms with Gasteiger partial charge in [0.25, 0.3) is 5.91 Å². The number of aromatic nitrogens is 2. The lowest BCUT2D eigenvalue weighted by Gasteiger charge is -2.51. The summed E-state index contributed by atoms with van der Waals surface area (Å²) in [6.45, 7) is 18.4. The Morgan fingerprint density at radius 2 is 1.56 bits per heavy atom. The number of anilines is 1. The standard InChI is InChI=1S/C30H45N3O8Si2/c1-18(2)42(19(3)4)37-17-24-26(40-43(41-42,20(5)6)21(7)8)27(38-22(9)34)29(39-24)33-16-15-25(32-30(33)36)31-28(35)23-13-11-10-12-14-23/h10-16,18-21,24,26-27,29H,17H2,1-9H3,(H,31,32,35,36)/t24-,26-,27+,29+/m0/s1. The molecule has 2 aliphatic heterocycles. The summed E-state index contributed by atoms with van der Waals surface area (Å²) in [6, 6.07) is 10.1. The first-order chi connectivity index (χ1) is 20.2. The number of hydrogen-bond donors (Lipinski definition) is 1. The van der Waals surface area contributed by atoms with Gasteiger partial charge >= 0.3 is 28.8 Å². The second-order valence-corrected chi connectivity index (χ2v) is 21.4. The summed E-state index contributed by atoms with van der Waals surface area (Å²) in [7, 11) is -5.88. The average Bonchev–Trinajstić information content (AvgIpc) is 3.23. The van der Waals surface area contributed by atoms with Crippen LogP contribution in [-0.2, 0) is 27.2 Å². The van der Waals surface area contributed by atoms with Crippen molar-refractivity contribution in [2.75, 3.05) is 11.9 Å². The SMILES string of the molecule is CC(=O)O[C@@H]1[C@H]2O[Si](C(C)C)(C(C)C)O[Si](C(C)C)(C(C)C)OC[C@@H]2O[C@H]1n1ccc(NC(=O)c2ccccc2)nc1=O. The van der Waals surface area contributed by atoms with Gasteiger partial charge in [-0.3, -0.25) is 14.2 Å². The van der Waals surface area contributed by atoms with E-state index >= 15 is 0 Å². The molecule has 0 spiro atoms. The first-order valence-corrected chi connectivity index (χ1v) is 19.0. The van der Waals surface area contributed by atoms with Gasteiger partial charge in [0.1, 0.15) is 18.0 Å². The Bertz CT molecular complexity index is 1330. The summed E-state index contributed by atoms with van der Waals surface area (Å²) in [5.74, 6) is -0.836. The summed E-state index contributed by atoms with van der Waals surface area (Å²) in [5, 5.41) is 2.65. The summed E-state index contributed by atoms with van der Waals surface area (Å²) in [4.78, 5) is 42.4. The first-order valence-electron chi connectivity index (χ1n) is 15.0. The highest BCUT2D eigenvalue weighted by Crippen LogP contribution is 2.48. The lowest BCUT2D eigenvalue weighted by atomic mass is 10.1. The molecule has 4 rings (SSSR count). The number of ether oxygens (including phenoxy) is 2. The molecular weight excluding hydrogens is 587 g/mol. The molecule has 4 atom stereocenters.